The molecular weight excluding hydrogens is 244 g/mol. The molecule has 0 aliphatic carbocycles. The number of thioether (sulfide) groups is 1. The molecule has 0 atom stereocenters. The Bertz CT molecular complexity index is 294. The number of amides is 2. The highest BCUT2D eigenvalue weighted by atomic mass is 32.2. The molecule has 0 radical (unpaired) electrons. The SMILES string of the molecule is CC(CO)(CO)NC(=O)CCN1CCSC1=O. The van der Waals surface area contributed by atoms with Gasteiger partial charge in [-0.15, -0.1) is 0 Å². The zero-order valence-electron chi connectivity index (χ0n) is 9.81. The van der Waals surface area contributed by atoms with E-state index in [1.807, 2.05) is 0 Å². The second-order valence-electron chi connectivity index (χ2n) is 4.28. The van der Waals surface area contributed by atoms with Crippen LogP contribution in [0.4, 0.5) is 4.79 Å². The summed E-state index contributed by atoms with van der Waals surface area (Å²) in [5, 5.41) is 20.6. The molecule has 0 aromatic carbocycles. The third kappa shape index (κ3) is 4.18. The van der Waals surface area contributed by atoms with Gasteiger partial charge in [0, 0.05) is 25.3 Å². The van der Waals surface area contributed by atoms with Crippen molar-refractivity contribution in [2.75, 3.05) is 32.1 Å². The van der Waals surface area contributed by atoms with E-state index in [1.165, 1.54) is 11.8 Å². The standard InChI is InChI=1S/C10H18N2O4S/c1-10(6-13,7-14)11-8(15)2-3-12-4-5-17-9(12)16/h13-14H,2-7H2,1H3,(H,11,15). The number of carbonyl (C=O) groups excluding carboxylic acids is 2. The fourth-order valence-corrected chi connectivity index (χ4v) is 2.24. The highest BCUT2D eigenvalue weighted by Gasteiger charge is 2.26. The van der Waals surface area contributed by atoms with Crippen molar-refractivity contribution in [1.29, 1.82) is 0 Å². The van der Waals surface area contributed by atoms with Crippen LogP contribution in [-0.2, 0) is 4.79 Å². The maximum atomic E-state index is 11.6. The number of rotatable bonds is 6. The molecule has 0 bridgehead atoms. The summed E-state index contributed by atoms with van der Waals surface area (Å²) in [7, 11) is 0. The first kappa shape index (κ1) is 14.3. The summed E-state index contributed by atoms with van der Waals surface area (Å²) < 4.78 is 0. The van der Waals surface area contributed by atoms with Gasteiger partial charge in [-0.05, 0) is 6.92 Å². The average molecular weight is 262 g/mol. The minimum atomic E-state index is -0.999. The van der Waals surface area contributed by atoms with E-state index in [2.05, 4.69) is 5.32 Å². The van der Waals surface area contributed by atoms with Gasteiger partial charge in [0.2, 0.25) is 5.91 Å². The van der Waals surface area contributed by atoms with Gasteiger partial charge in [-0.2, -0.15) is 0 Å². The highest BCUT2D eigenvalue weighted by Crippen LogP contribution is 2.17. The number of nitrogens with zero attached hydrogens (tertiary/aromatic N) is 1. The van der Waals surface area contributed by atoms with Gasteiger partial charge < -0.3 is 20.4 Å². The van der Waals surface area contributed by atoms with Crippen LogP contribution in [0.15, 0.2) is 0 Å². The average Bonchev–Trinajstić information content (AvgIpc) is 2.72. The summed E-state index contributed by atoms with van der Waals surface area (Å²) in [5.41, 5.74) is -0.999. The molecule has 17 heavy (non-hydrogen) atoms. The third-order valence-corrected chi connectivity index (χ3v) is 3.48. The molecule has 0 unspecified atom stereocenters. The van der Waals surface area contributed by atoms with Gasteiger partial charge in [0.25, 0.3) is 5.24 Å². The highest BCUT2D eigenvalue weighted by molar-refractivity contribution is 8.13. The van der Waals surface area contributed by atoms with Gasteiger partial charge in [0.1, 0.15) is 0 Å². The molecule has 2 amide bonds. The van der Waals surface area contributed by atoms with Gasteiger partial charge in [0.15, 0.2) is 0 Å². The Morgan fingerprint density at radius 3 is 2.65 bits per heavy atom. The summed E-state index contributed by atoms with van der Waals surface area (Å²) in [6, 6.07) is 0. The van der Waals surface area contributed by atoms with Crippen LogP contribution in [0.5, 0.6) is 0 Å². The lowest BCUT2D eigenvalue weighted by Crippen LogP contribution is -2.52. The number of carbonyl (C=O) groups is 2. The monoisotopic (exact) mass is 262 g/mol. The Labute approximate surface area is 104 Å². The molecule has 1 rings (SSSR count). The van der Waals surface area contributed by atoms with Crippen LogP contribution in [0, 0.1) is 0 Å². The fourth-order valence-electron chi connectivity index (χ4n) is 1.39. The summed E-state index contributed by atoms with van der Waals surface area (Å²) >= 11 is 1.25. The molecule has 3 N–H and O–H groups in total. The second kappa shape index (κ2) is 6.23. The number of hydrogen-bond donors (Lipinski definition) is 3. The molecule has 6 nitrogen and oxygen atoms in total. The fraction of sp³-hybridized carbons (Fsp3) is 0.800. The molecule has 1 heterocycles. The van der Waals surface area contributed by atoms with Gasteiger partial charge in [-0.1, -0.05) is 11.8 Å². The van der Waals surface area contributed by atoms with Crippen LogP contribution in [0.2, 0.25) is 0 Å². The number of aliphatic hydroxyl groups excluding tert-OH is 2. The lowest BCUT2D eigenvalue weighted by Gasteiger charge is -2.26. The van der Waals surface area contributed by atoms with Crippen LogP contribution in [0.25, 0.3) is 0 Å². The van der Waals surface area contributed by atoms with E-state index in [9.17, 15) is 9.59 Å². The first-order valence-corrected chi connectivity index (χ1v) is 6.44. The maximum Gasteiger partial charge on any atom is 0.281 e. The smallest absolute Gasteiger partial charge is 0.281 e. The van der Waals surface area contributed by atoms with Crippen LogP contribution in [-0.4, -0.2) is 63.9 Å². The molecule has 0 spiro atoms. The third-order valence-electron chi connectivity index (χ3n) is 2.59. The van der Waals surface area contributed by atoms with Gasteiger partial charge in [0.05, 0.1) is 18.8 Å². The van der Waals surface area contributed by atoms with Crippen molar-refractivity contribution >= 4 is 22.9 Å². The quantitative estimate of drug-likeness (QED) is 0.595. The van der Waals surface area contributed by atoms with E-state index in [0.717, 1.165) is 5.75 Å². The zero-order chi connectivity index (χ0) is 12.9. The van der Waals surface area contributed by atoms with Gasteiger partial charge >= 0.3 is 0 Å². The largest absolute Gasteiger partial charge is 0.394 e. The Kier molecular flexibility index (Phi) is 5.23. The van der Waals surface area contributed by atoms with Crippen molar-refractivity contribution in [1.82, 2.24) is 10.2 Å². The predicted molar refractivity (Wildman–Crippen MR) is 64.8 cm³/mol. The second-order valence-corrected chi connectivity index (χ2v) is 5.32. The van der Waals surface area contributed by atoms with E-state index in [0.29, 0.717) is 13.1 Å². The summed E-state index contributed by atoms with van der Waals surface area (Å²) in [6.07, 6.45) is 0.182. The number of hydrogen-bond acceptors (Lipinski definition) is 5. The Morgan fingerprint density at radius 2 is 2.18 bits per heavy atom. The summed E-state index contributed by atoms with van der Waals surface area (Å²) in [4.78, 5) is 24.4. The molecule has 7 heteroatoms. The van der Waals surface area contributed by atoms with E-state index in [4.69, 9.17) is 10.2 Å². The Morgan fingerprint density at radius 1 is 1.53 bits per heavy atom. The lowest BCUT2D eigenvalue weighted by atomic mass is 10.1. The molecule has 0 saturated carbocycles. The molecule has 0 aromatic heterocycles. The maximum absolute atomic E-state index is 11.6. The number of aliphatic hydroxyl groups is 2. The van der Waals surface area contributed by atoms with Crippen molar-refractivity contribution in [3.8, 4) is 0 Å². The lowest BCUT2D eigenvalue weighted by molar-refractivity contribution is -0.124. The zero-order valence-corrected chi connectivity index (χ0v) is 10.6. The molecule has 1 aliphatic rings. The van der Waals surface area contributed by atoms with Crippen LogP contribution in [0.3, 0.4) is 0 Å². The van der Waals surface area contributed by atoms with E-state index < -0.39 is 5.54 Å². The van der Waals surface area contributed by atoms with E-state index >= 15 is 0 Å². The Hall–Kier alpha value is -0.790. The minimum absolute atomic E-state index is 0.00452. The predicted octanol–water partition coefficient (Wildman–Crippen LogP) is -0.595. The molecule has 1 fully saturated rings. The Balaban J connectivity index is 2.32. The van der Waals surface area contributed by atoms with Gasteiger partial charge in [-0.3, -0.25) is 9.59 Å². The first-order chi connectivity index (χ1) is 8.00. The minimum Gasteiger partial charge on any atom is -0.394 e. The summed E-state index contributed by atoms with van der Waals surface area (Å²) in [6.45, 7) is 1.96. The molecule has 1 aliphatic heterocycles. The van der Waals surface area contributed by atoms with Crippen molar-refractivity contribution in [3.05, 3.63) is 0 Å². The van der Waals surface area contributed by atoms with Crippen LogP contribution < -0.4 is 5.32 Å². The molecule has 98 valence electrons. The molecular formula is C10H18N2O4S. The normalized spacial score (nSPS) is 16.4. The summed E-state index contributed by atoms with van der Waals surface area (Å²) in [5.74, 6) is 0.492. The van der Waals surface area contributed by atoms with E-state index in [-0.39, 0.29) is 30.8 Å². The van der Waals surface area contributed by atoms with Crippen molar-refractivity contribution in [2.24, 2.45) is 0 Å². The van der Waals surface area contributed by atoms with Crippen LogP contribution >= 0.6 is 11.8 Å². The molecule has 0 aromatic rings. The number of nitrogens with one attached hydrogen (secondary N) is 1. The topological polar surface area (TPSA) is 89.9 Å². The first-order valence-electron chi connectivity index (χ1n) is 5.45. The van der Waals surface area contributed by atoms with Crippen molar-refractivity contribution in [2.45, 2.75) is 18.9 Å². The van der Waals surface area contributed by atoms with Gasteiger partial charge in [-0.25, -0.2) is 0 Å². The van der Waals surface area contributed by atoms with Crippen molar-refractivity contribution < 1.29 is 19.8 Å². The van der Waals surface area contributed by atoms with Crippen molar-refractivity contribution in [3.63, 3.8) is 0 Å². The molecule has 1 saturated heterocycles. The van der Waals surface area contributed by atoms with Crippen LogP contribution in [0.1, 0.15) is 13.3 Å². The van der Waals surface area contributed by atoms with E-state index in [1.54, 1.807) is 11.8 Å².